The van der Waals surface area contributed by atoms with E-state index in [1.807, 2.05) is 32.0 Å². The molecule has 0 aliphatic carbocycles. The molecule has 1 atom stereocenters. The maximum Gasteiger partial charge on any atom is 0.252 e. The Morgan fingerprint density at radius 1 is 1.53 bits per heavy atom. The van der Waals surface area contributed by atoms with Crippen molar-refractivity contribution >= 4 is 33.4 Å². The van der Waals surface area contributed by atoms with Crippen LogP contribution in [-0.2, 0) is 0 Å². The molecule has 0 aromatic heterocycles. The zero-order valence-electron chi connectivity index (χ0n) is 10.1. The van der Waals surface area contributed by atoms with Crippen molar-refractivity contribution in [3.05, 3.63) is 33.8 Å². The fourth-order valence-corrected chi connectivity index (χ4v) is 2.31. The summed E-state index contributed by atoms with van der Waals surface area (Å²) < 4.78 is 0.834. The summed E-state index contributed by atoms with van der Waals surface area (Å²) in [4.78, 5) is 11.8. The summed E-state index contributed by atoms with van der Waals surface area (Å²) in [7, 11) is 0. The van der Waals surface area contributed by atoms with E-state index in [-0.39, 0.29) is 11.3 Å². The number of halogens is 2. The maximum atomic E-state index is 11.8. The van der Waals surface area contributed by atoms with Gasteiger partial charge < -0.3 is 5.32 Å². The summed E-state index contributed by atoms with van der Waals surface area (Å²) in [5, 5.41) is 3.05. The number of rotatable bonds is 5. The molecular weight excluding hydrogens is 302 g/mol. The number of hydrogen-bond donors (Lipinski definition) is 1. The molecule has 0 fully saturated rings. The van der Waals surface area contributed by atoms with E-state index in [1.165, 1.54) is 0 Å². The van der Waals surface area contributed by atoms with Gasteiger partial charge in [0.15, 0.2) is 0 Å². The first-order chi connectivity index (χ1) is 8.00. The molecule has 1 unspecified atom stereocenters. The zero-order valence-corrected chi connectivity index (χ0v) is 12.4. The Bertz CT molecular complexity index is 393. The lowest BCUT2D eigenvalue weighted by Gasteiger charge is -2.08. The van der Waals surface area contributed by atoms with E-state index >= 15 is 0 Å². The first kappa shape index (κ1) is 14.5. The van der Waals surface area contributed by atoms with Crippen LogP contribution < -0.4 is 5.32 Å². The Labute approximate surface area is 116 Å². The predicted molar refractivity (Wildman–Crippen MR) is 75.8 cm³/mol. The number of nitrogens with one attached hydrogen (secondary N) is 1. The molecule has 1 rings (SSSR count). The molecular formula is C13H17BrClNO. The third-order valence-electron chi connectivity index (χ3n) is 2.43. The molecule has 0 radical (unpaired) electrons. The van der Waals surface area contributed by atoms with E-state index in [4.69, 9.17) is 11.6 Å². The monoisotopic (exact) mass is 317 g/mol. The van der Waals surface area contributed by atoms with Gasteiger partial charge in [0, 0.05) is 16.4 Å². The summed E-state index contributed by atoms with van der Waals surface area (Å²) in [6, 6.07) is 5.70. The van der Waals surface area contributed by atoms with Crippen LogP contribution in [0.25, 0.3) is 0 Å². The smallest absolute Gasteiger partial charge is 0.252 e. The van der Waals surface area contributed by atoms with Gasteiger partial charge in [-0.05, 0) is 60.3 Å². The summed E-state index contributed by atoms with van der Waals surface area (Å²) in [6.45, 7) is 4.62. The molecule has 1 N–H and O–H groups in total. The van der Waals surface area contributed by atoms with Gasteiger partial charge in [0.1, 0.15) is 0 Å². The molecule has 1 aromatic rings. The quantitative estimate of drug-likeness (QED) is 0.647. The van der Waals surface area contributed by atoms with E-state index in [0.29, 0.717) is 12.1 Å². The van der Waals surface area contributed by atoms with Gasteiger partial charge in [0.2, 0.25) is 0 Å². The van der Waals surface area contributed by atoms with E-state index in [9.17, 15) is 4.79 Å². The summed E-state index contributed by atoms with van der Waals surface area (Å²) >= 11 is 9.23. The Hall–Kier alpha value is -0.540. The minimum atomic E-state index is -0.0425. The molecule has 0 bridgehead atoms. The summed E-state index contributed by atoms with van der Waals surface area (Å²) in [6.07, 6.45) is 1.82. The van der Waals surface area contributed by atoms with Gasteiger partial charge >= 0.3 is 0 Å². The standard InChI is InChI=1S/C13H17BrClNO/c1-9-5-6-11(12(14)8-9)13(17)16-7-3-4-10(2)15/h5-6,8,10H,3-4,7H2,1-2H3,(H,16,17). The van der Waals surface area contributed by atoms with Gasteiger partial charge in [-0.2, -0.15) is 0 Å². The Balaban J connectivity index is 2.47. The number of benzene rings is 1. The molecule has 1 amide bonds. The molecule has 0 spiro atoms. The van der Waals surface area contributed by atoms with Gasteiger partial charge in [-0.3, -0.25) is 4.79 Å². The van der Waals surface area contributed by atoms with Crippen LogP contribution in [0.5, 0.6) is 0 Å². The highest BCUT2D eigenvalue weighted by Gasteiger charge is 2.09. The Morgan fingerprint density at radius 2 is 2.24 bits per heavy atom. The van der Waals surface area contributed by atoms with Gasteiger partial charge in [-0.25, -0.2) is 0 Å². The molecule has 0 saturated heterocycles. The first-order valence-corrected chi connectivity index (χ1v) is 6.92. The number of carbonyl (C=O) groups is 1. The number of amides is 1. The van der Waals surface area contributed by atoms with E-state index in [0.717, 1.165) is 22.9 Å². The molecule has 0 saturated carbocycles. The van der Waals surface area contributed by atoms with Gasteiger partial charge in [-0.1, -0.05) is 6.07 Å². The summed E-state index contributed by atoms with van der Waals surface area (Å²) in [5.41, 5.74) is 1.80. The van der Waals surface area contributed by atoms with Crippen LogP contribution in [0.15, 0.2) is 22.7 Å². The van der Waals surface area contributed by atoms with Crippen LogP contribution in [0.4, 0.5) is 0 Å². The van der Waals surface area contributed by atoms with Crippen molar-refractivity contribution < 1.29 is 4.79 Å². The fourth-order valence-electron chi connectivity index (χ4n) is 1.48. The number of carbonyl (C=O) groups excluding carboxylic acids is 1. The Kier molecular flexibility index (Phi) is 6.00. The summed E-state index contributed by atoms with van der Waals surface area (Å²) in [5.74, 6) is -0.0425. The van der Waals surface area contributed by atoms with Crippen molar-refractivity contribution in [3.63, 3.8) is 0 Å². The van der Waals surface area contributed by atoms with Gasteiger partial charge in [-0.15, -0.1) is 11.6 Å². The van der Waals surface area contributed by atoms with Crippen LogP contribution >= 0.6 is 27.5 Å². The second kappa shape index (κ2) is 7.02. The predicted octanol–water partition coefficient (Wildman–Crippen LogP) is 3.89. The van der Waals surface area contributed by atoms with E-state index in [1.54, 1.807) is 0 Å². The van der Waals surface area contributed by atoms with Crippen molar-refractivity contribution in [2.75, 3.05) is 6.54 Å². The Morgan fingerprint density at radius 3 is 2.82 bits per heavy atom. The number of aryl methyl sites for hydroxylation is 1. The van der Waals surface area contributed by atoms with Gasteiger partial charge in [0.05, 0.1) is 5.56 Å². The van der Waals surface area contributed by atoms with Crippen LogP contribution in [-0.4, -0.2) is 17.8 Å². The third-order valence-corrected chi connectivity index (χ3v) is 3.31. The van der Waals surface area contributed by atoms with Crippen LogP contribution in [0.3, 0.4) is 0 Å². The molecule has 0 aliphatic heterocycles. The van der Waals surface area contributed by atoms with E-state index in [2.05, 4.69) is 21.2 Å². The number of alkyl halides is 1. The molecule has 2 nitrogen and oxygen atoms in total. The topological polar surface area (TPSA) is 29.1 Å². The lowest BCUT2D eigenvalue weighted by Crippen LogP contribution is -2.25. The first-order valence-electron chi connectivity index (χ1n) is 5.69. The van der Waals surface area contributed by atoms with Crippen molar-refractivity contribution in [3.8, 4) is 0 Å². The largest absolute Gasteiger partial charge is 0.352 e. The lowest BCUT2D eigenvalue weighted by molar-refractivity contribution is 0.0952. The van der Waals surface area contributed by atoms with E-state index < -0.39 is 0 Å². The zero-order chi connectivity index (χ0) is 12.8. The molecule has 4 heteroatoms. The fraction of sp³-hybridized carbons (Fsp3) is 0.462. The van der Waals surface area contributed by atoms with Crippen molar-refractivity contribution in [2.24, 2.45) is 0 Å². The van der Waals surface area contributed by atoms with Gasteiger partial charge in [0.25, 0.3) is 5.91 Å². The second-order valence-corrected chi connectivity index (χ2v) is 5.76. The second-order valence-electron chi connectivity index (χ2n) is 4.16. The minimum Gasteiger partial charge on any atom is -0.352 e. The SMILES string of the molecule is Cc1ccc(C(=O)NCCCC(C)Cl)c(Br)c1. The van der Waals surface area contributed by atoms with Crippen molar-refractivity contribution in [1.29, 1.82) is 0 Å². The lowest BCUT2D eigenvalue weighted by atomic mass is 10.1. The molecule has 0 aliphatic rings. The van der Waals surface area contributed by atoms with Crippen LogP contribution in [0.2, 0.25) is 0 Å². The average molecular weight is 319 g/mol. The highest BCUT2D eigenvalue weighted by molar-refractivity contribution is 9.10. The molecule has 0 heterocycles. The van der Waals surface area contributed by atoms with Crippen LogP contribution in [0, 0.1) is 6.92 Å². The molecule has 1 aromatic carbocycles. The average Bonchev–Trinajstić information content (AvgIpc) is 2.23. The maximum absolute atomic E-state index is 11.8. The van der Waals surface area contributed by atoms with Crippen LogP contribution in [0.1, 0.15) is 35.7 Å². The number of hydrogen-bond acceptors (Lipinski definition) is 1. The third kappa shape index (κ3) is 5.09. The normalized spacial score (nSPS) is 12.2. The molecule has 94 valence electrons. The highest BCUT2D eigenvalue weighted by atomic mass is 79.9. The molecule has 17 heavy (non-hydrogen) atoms. The van der Waals surface area contributed by atoms with Crippen molar-refractivity contribution in [1.82, 2.24) is 5.32 Å². The minimum absolute atomic E-state index is 0.0425. The van der Waals surface area contributed by atoms with Crippen molar-refractivity contribution in [2.45, 2.75) is 32.1 Å². The highest BCUT2D eigenvalue weighted by Crippen LogP contribution is 2.18.